The van der Waals surface area contributed by atoms with Gasteiger partial charge in [0.25, 0.3) is 0 Å². The van der Waals surface area contributed by atoms with E-state index in [9.17, 15) is 0 Å². The summed E-state index contributed by atoms with van der Waals surface area (Å²) in [6.07, 6.45) is 2.00. The van der Waals surface area contributed by atoms with Crippen LogP contribution in [0.5, 0.6) is 0 Å². The maximum atomic E-state index is 4.10. The van der Waals surface area contributed by atoms with Crippen molar-refractivity contribution in [2.75, 3.05) is 20.1 Å². The zero-order valence-electron chi connectivity index (χ0n) is 10.8. The standard InChI is InChI=1S/C11H23N5/c1-5-15(10(2)3)6-7-16-9-11(8-12-4)13-14-16/h9-10,12H,5-8H2,1-4H3. The Morgan fingerprint density at radius 1 is 1.50 bits per heavy atom. The van der Waals surface area contributed by atoms with E-state index < -0.39 is 0 Å². The van der Waals surface area contributed by atoms with Gasteiger partial charge in [-0.05, 0) is 27.4 Å². The minimum atomic E-state index is 0.588. The summed E-state index contributed by atoms with van der Waals surface area (Å²) in [7, 11) is 1.91. The molecule has 1 N–H and O–H groups in total. The Balaban J connectivity index is 2.41. The summed E-state index contributed by atoms with van der Waals surface area (Å²) in [5, 5.41) is 11.3. The Morgan fingerprint density at radius 3 is 2.81 bits per heavy atom. The fourth-order valence-electron chi connectivity index (χ4n) is 1.72. The lowest BCUT2D eigenvalue weighted by atomic mass is 10.3. The van der Waals surface area contributed by atoms with Gasteiger partial charge in [0.1, 0.15) is 0 Å². The van der Waals surface area contributed by atoms with Crippen LogP contribution in [0.3, 0.4) is 0 Å². The molecule has 0 radical (unpaired) electrons. The average molecular weight is 225 g/mol. The van der Waals surface area contributed by atoms with E-state index >= 15 is 0 Å². The van der Waals surface area contributed by atoms with Crippen LogP contribution >= 0.6 is 0 Å². The number of likely N-dealkylation sites (N-methyl/N-ethyl adjacent to an activating group) is 1. The van der Waals surface area contributed by atoms with Crippen molar-refractivity contribution in [1.82, 2.24) is 25.2 Å². The number of nitrogens with zero attached hydrogens (tertiary/aromatic N) is 4. The van der Waals surface area contributed by atoms with E-state index in [0.717, 1.165) is 31.9 Å². The van der Waals surface area contributed by atoms with Crippen LogP contribution in [0.15, 0.2) is 6.20 Å². The largest absolute Gasteiger partial charge is 0.314 e. The van der Waals surface area contributed by atoms with Crippen molar-refractivity contribution in [1.29, 1.82) is 0 Å². The maximum Gasteiger partial charge on any atom is 0.0964 e. The Hall–Kier alpha value is -0.940. The van der Waals surface area contributed by atoms with E-state index in [0.29, 0.717) is 6.04 Å². The molecule has 0 amide bonds. The van der Waals surface area contributed by atoms with Crippen molar-refractivity contribution in [2.45, 2.75) is 39.9 Å². The van der Waals surface area contributed by atoms with Gasteiger partial charge in [0, 0.05) is 25.3 Å². The van der Waals surface area contributed by atoms with E-state index in [1.54, 1.807) is 0 Å². The molecule has 5 heteroatoms. The van der Waals surface area contributed by atoms with Crippen LogP contribution in [0.1, 0.15) is 26.5 Å². The molecule has 0 fully saturated rings. The smallest absolute Gasteiger partial charge is 0.0964 e. The molecular formula is C11H23N5. The monoisotopic (exact) mass is 225 g/mol. The summed E-state index contributed by atoms with van der Waals surface area (Å²) in [5.41, 5.74) is 0.995. The minimum absolute atomic E-state index is 0.588. The van der Waals surface area contributed by atoms with Crippen molar-refractivity contribution in [3.8, 4) is 0 Å². The number of hydrogen-bond donors (Lipinski definition) is 1. The Kier molecular flexibility index (Phi) is 5.42. The van der Waals surface area contributed by atoms with Gasteiger partial charge < -0.3 is 5.32 Å². The highest BCUT2D eigenvalue weighted by atomic mass is 15.4. The van der Waals surface area contributed by atoms with Gasteiger partial charge in [0.2, 0.25) is 0 Å². The summed E-state index contributed by atoms with van der Waals surface area (Å²) in [5.74, 6) is 0. The second kappa shape index (κ2) is 6.60. The molecule has 1 heterocycles. The van der Waals surface area contributed by atoms with Gasteiger partial charge in [-0.3, -0.25) is 9.58 Å². The molecule has 0 saturated heterocycles. The van der Waals surface area contributed by atoms with E-state index in [2.05, 4.69) is 41.3 Å². The van der Waals surface area contributed by atoms with Crippen LogP contribution in [0.25, 0.3) is 0 Å². The van der Waals surface area contributed by atoms with Gasteiger partial charge in [0.15, 0.2) is 0 Å². The highest BCUT2D eigenvalue weighted by molar-refractivity contribution is 4.91. The molecule has 0 atom stereocenters. The van der Waals surface area contributed by atoms with Gasteiger partial charge >= 0.3 is 0 Å². The molecule has 92 valence electrons. The van der Waals surface area contributed by atoms with Gasteiger partial charge in [-0.15, -0.1) is 5.10 Å². The van der Waals surface area contributed by atoms with Crippen molar-refractivity contribution in [3.63, 3.8) is 0 Å². The summed E-state index contributed by atoms with van der Waals surface area (Å²) >= 11 is 0. The van der Waals surface area contributed by atoms with Crippen molar-refractivity contribution >= 4 is 0 Å². The second-order valence-electron chi connectivity index (χ2n) is 4.23. The fourth-order valence-corrected chi connectivity index (χ4v) is 1.72. The van der Waals surface area contributed by atoms with Crippen LogP contribution in [0.2, 0.25) is 0 Å². The zero-order valence-corrected chi connectivity index (χ0v) is 10.8. The number of aromatic nitrogens is 3. The maximum absolute atomic E-state index is 4.10. The third-order valence-electron chi connectivity index (χ3n) is 2.70. The predicted octanol–water partition coefficient (Wildman–Crippen LogP) is 0.728. The third-order valence-corrected chi connectivity index (χ3v) is 2.70. The SMILES string of the molecule is CCN(CCn1cc(CNC)nn1)C(C)C. The topological polar surface area (TPSA) is 46.0 Å². The summed E-state index contributed by atoms with van der Waals surface area (Å²) in [6, 6.07) is 0.588. The summed E-state index contributed by atoms with van der Waals surface area (Å²) in [4.78, 5) is 2.42. The molecule has 0 bridgehead atoms. The quantitative estimate of drug-likeness (QED) is 0.743. The van der Waals surface area contributed by atoms with Gasteiger partial charge in [-0.2, -0.15) is 0 Å². The summed E-state index contributed by atoms with van der Waals surface area (Å²) < 4.78 is 1.91. The number of nitrogens with one attached hydrogen (secondary N) is 1. The van der Waals surface area contributed by atoms with E-state index in [1.807, 2.05) is 17.9 Å². The zero-order chi connectivity index (χ0) is 12.0. The molecule has 1 aromatic rings. The molecular weight excluding hydrogens is 202 g/mol. The van der Waals surface area contributed by atoms with Crippen molar-refractivity contribution < 1.29 is 0 Å². The molecule has 0 spiro atoms. The summed E-state index contributed by atoms with van der Waals surface area (Å²) in [6.45, 7) is 10.4. The van der Waals surface area contributed by atoms with Gasteiger partial charge in [-0.25, -0.2) is 0 Å². The van der Waals surface area contributed by atoms with Gasteiger partial charge in [0.05, 0.1) is 12.2 Å². The van der Waals surface area contributed by atoms with Crippen LogP contribution in [0, 0.1) is 0 Å². The molecule has 0 saturated carbocycles. The molecule has 1 aromatic heterocycles. The molecule has 0 unspecified atom stereocenters. The van der Waals surface area contributed by atoms with E-state index in [1.165, 1.54) is 0 Å². The van der Waals surface area contributed by atoms with Crippen LogP contribution in [-0.4, -0.2) is 46.1 Å². The van der Waals surface area contributed by atoms with Crippen LogP contribution in [0.4, 0.5) is 0 Å². The van der Waals surface area contributed by atoms with E-state index in [-0.39, 0.29) is 0 Å². The normalized spacial score (nSPS) is 11.6. The lowest BCUT2D eigenvalue weighted by Crippen LogP contribution is -2.33. The Morgan fingerprint density at radius 2 is 2.25 bits per heavy atom. The first-order valence-electron chi connectivity index (χ1n) is 5.95. The highest BCUT2D eigenvalue weighted by Crippen LogP contribution is 1.99. The molecule has 0 aliphatic heterocycles. The third kappa shape index (κ3) is 3.90. The van der Waals surface area contributed by atoms with E-state index in [4.69, 9.17) is 0 Å². The molecule has 0 aliphatic carbocycles. The molecule has 0 aromatic carbocycles. The Bertz CT molecular complexity index is 294. The first-order valence-corrected chi connectivity index (χ1v) is 5.95. The first-order chi connectivity index (χ1) is 7.67. The lowest BCUT2D eigenvalue weighted by molar-refractivity contribution is 0.220. The molecule has 5 nitrogen and oxygen atoms in total. The van der Waals surface area contributed by atoms with Crippen molar-refractivity contribution in [2.24, 2.45) is 0 Å². The first kappa shape index (κ1) is 13.1. The Labute approximate surface area is 97.8 Å². The lowest BCUT2D eigenvalue weighted by Gasteiger charge is -2.24. The predicted molar refractivity (Wildman–Crippen MR) is 65.2 cm³/mol. The number of rotatable bonds is 7. The second-order valence-corrected chi connectivity index (χ2v) is 4.23. The van der Waals surface area contributed by atoms with Crippen LogP contribution in [-0.2, 0) is 13.1 Å². The van der Waals surface area contributed by atoms with Gasteiger partial charge in [-0.1, -0.05) is 12.1 Å². The highest BCUT2D eigenvalue weighted by Gasteiger charge is 2.07. The van der Waals surface area contributed by atoms with Crippen molar-refractivity contribution in [3.05, 3.63) is 11.9 Å². The number of hydrogen-bond acceptors (Lipinski definition) is 4. The van der Waals surface area contributed by atoms with Crippen LogP contribution < -0.4 is 5.32 Å². The minimum Gasteiger partial charge on any atom is -0.314 e. The fraction of sp³-hybridized carbons (Fsp3) is 0.818. The molecule has 0 aliphatic rings. The molecule has 16 heavy (non-hydrogen) atoms. The molecule has 1 rings (SSSR count). The average Bonchev–Trinajstić information content (AvgIpc) is 2.67.